The Morgan fingerprint density at radius 1 is 1.43 bits per heavy atom. The summed E-state index contributed by atoms with van der Waals surface area (Å²) < 4.78 is 5.43. The number of hydrogen-bond donors (Lipinski definition) is 1. The van der Waals surface area contributed by atoms with Crippen molar-refractivity contribution in [2.75, 3.05) is 19.8 Å². The number of hydrogen-bond acceptors (Lipinski definition) is 5. The molecule has 1 N–H and O–H groups in total. The normalized spacial score (nSPS) is 22.1. The highest BCUT2D eigenvalue weighted by molar-refractivity contribution is 5.98. The zero-order valence-electron chi connectivity index (χ0n) is 11.4. The fourth-order valence-electron chi connectivity index (χ4n) is 2.75. The van der Waals surface area contributed by atoms with Crippen LogP contribution in [0.4, 0.5) is 5.69 Å². The van der Waals surface area contributed by atoms with E-state index in [2.05, 4.69) is 0 Å². The first-order valence-corrected chi connectivity index (χ1v) is 6.94. The van der Waals surface area contributed by atoms with Gasteiger partial charge in [0.25, 0.3) is 5.91 Å². The number of nitro benzene ring substituents is 1. The first-order chi connectivity index (χ1) is 10.1. The van der Waals surface area contributed by atoms with Crippen molar-refractivity contribution < 1.29 is 19.6 Å². The number of aromatic hydroxyl groups is 1. The Morgan fingerprint density at radius 2 is 2.19 bits per heavy atom. The van der Waals surface area contributed by atoms with Crippen LogP contribution in [0.5, 0.6) is 5.75 Å². The van der Waals surface area contributed by atoms with Crippen LogP contribution in [0.1, 0.15) is 23.2 Å². The molecule has 2 aliphatic rings. The van der Waals surface area contributed by atoms with Crippen molar-refractivity contribution >= 4 is 11.6 Å². The van der Waals surface area contributed by atoms with E-state index in [1.54, 1.807) is 4.90 Å². The lowest BCUT2D eigenvalue weighted by Gasteiger charge is -2.36. The number of phenolic OH excluding ortho intramolecular Hbond substituents is 1. The zero-order chi connectivity index (χ0) is 15.0. The molecule has 0 unspecified atom stereocenters. The van der Waals surface area contributed by atoms with E-state index in [1.165, 1.54) is 18.2 Å². The van der Waals surface area contributed by atoms with Crippen LogP contribution >= 0.6 is 0 Å². The molecular weight excluding hydrogens is 276 g/mol. The molecule has 2 fully saturated rings. The minimum absolute atomic E-state index is 0.00455. The summed E-state index contributed by atoms with van der Waals surface area (Å²) in [5, 5.41) is 20.8. The molecule has 112 valence electrons. The molecule has 1 aromatic rings. The van der Waals surface area contributed by atoms with Crippen LogP contribution in [0.25, 0.3) is 0 Å². The van der Waals surface area contributed by atoms with E-state index in [4.69, 9.17) is 4.74 Å². The van der Waals surface area contributed by atoms with E-state index in [-0.39, 0.29) is 17.5 Å². The first-order valence-electron chi connectivity index (χ1n) is 6.94. The molecule has 3 rings (SSSR count). The second-order valence-electron chi connectivity index (χ2n) is 5.41. The van der Waals surface area contributed by atoms with Gasteiger partial charge in [-0.25, -0.2) is 0 Å². The van der Waals surface area contributed by atoms with Gasteiger partial charge in [-0.1, -0.05) is 6.07 Å². The van der Waals surface area contributed by atoms with Gasteiger partial charge in [0.1, 0.15) is 0 Å². The average Bonchev–Trinajstić information content (AvgIpc) is 3.31. The molecule has 7 heteroatoms. The van der Waals surface area contributed by atoms with Gasteiger partial charge in [0.2, 0.25) is 5.75 Å². The maximum absolute atomic E-state index is 12.6. The summed E-state index contributed by atoms with van der Waals surface area (Å²) in [4.78, 5) is 24.5. The minimum Gasteiger partial charge on any atom is -0.502 e. The van der Waals surface area contributed by atoms with E-state index in [0.717, 1.165) is 12.8 Å². The number of amides is 1. The molecule has 21 heavy (non-hydrogen) atoms. The number of morpholine rings is 1. The molecule has 1 aliphatic heterocycles. The zero-order valence-corrected chi connectivity index (χ0v) is 11.4. The molecular formula is C14H16N2O5. The van der Waals surface area contributed by atoms with Crippen molar-refractivity contribution in [3.8, 4) is 5.75 Å². The van der Waals surface area contributed by atoms with Crippen molar-refractivity contribution in [2.24, 2.45) is 5.92 Å². The molecule has 1 saturated carbocycles. The molecule has 0 spiro atoms. The quantitative estimate of drug-likeness (QED) is 0.674. The van der Waals surface area contributed by atoms with Gasteiger partial charge in [-0.15, -0.1) is 0 Å². The largest absolute Gasteiger partial charge is 0.502 e. The van der Waals surface area contributed by atoms with Gasteiger partial charge in [-0.3, -0.25) is 14.9 Å². The molecule has 0 radical (unpaired) electrons. The summed E-state index contributed by atoms with van der Waals surface area (Å²) in [5.41, 5.74) is -0.464. The molecule has 0 bridgehead atoms. The van der Waals surface area contributed by atoms with Crippen molar-refractivity contribution in [1.82, 2.24) is 4.90 Å². The smallest absolute Gasteiger partial charge is 0.311 e. The fourth-order valence-corrected chi connectivity index (χ4v) is 2.75. The van der Waals surface area contributed by atoms with Gasteiger partial charge in [0.15, 0.2) is 0 Å². The van der Waals surface area contributed by atoms with Crippen molar-refractivity contribution in [2.45, 2.75) is 18.9 Å². The summed E-state index contributed by atoms with van der Waals surface area (Å²) in [6, 6.07) is 4.02. The van der Waals surface area contributed by atoms with Gasteiger partial charge in [-0.2, -0.15) is 0 Å². The van der Waals surface area contributed by atoms with E-state index in [9.17, 15) is 20.0 Å². The number of rotatable bonds is 3. The lowest BCUT2D eigenvalue weighted by molar-refractivity contribution is -0.385. The van der Waals surface area contributed by atoms with Crippen LogP contribution in [0.3, 0.4) is 0 Å². The van der Waals surface area contributed by atoms with Crippen LogP contribution in [0, 0.1) is 16.0 Å². The predicted octanol–water partition coefficient (Wildman–Crippen LogP) is 1.55. The third-order valence-electron chi connectivity index (χ3n) is 4.03. The Hall–Kier alpha value is -2.15. The SMILES string of the molecule is O=C(c1cccc([N+](=O)[O-])c1O)N1CCOC[C@H]1C1CC1. The van der Waals surface area contributed by atoms with E-state index >= 15 is 0 Å². The number of carbonyl (C=O) groups is 1. The molecule has 1 atom stereocenters. The van der Waals surface area contributed by atoms with Crippen LogP contribution in [-0.4, -0.2) is 46.6 Å². The lowest BCUT2D eigenvalue weighted by Crippen LogP contribution is -2.49. The predicted molar refractivity (Wildman–Crippen MR) is 73.1 cm³/mol. The van der Waals surface area contributed by atoms with E-state index < -0.39 is 16.4 Å². The number of carbonyl (C=O) groups excluding carboxylic acids is 1. The highest BCUT2D eigenvalue weighted by Crippen LogP contribution is 2.38. The van der Waals surface area contributed by atoms with Gasteiger partial charge >= 0.3 is 5.69 Å². The second kappa shape index (κ2) is 5.33. The number of nitrogens with zero attached hydrogens (tertiary/aromatic N) is 2. The highest BCUT2D eigenvalue weighted by Gasteiger charge is 2.40. The molecule has 1 heterocycles. The van der Waals surface area contributed by atoms with Crippen LogP contribution < -0.4 is 0 Å². The third kappa shape index (κ3) is 2.56. The number of benzene rings is 1. The van der Waals surface area contributed by atoms with Crippen molar-refractivity contribution in [3.05, 3.63) is 33.9 Å². The van der Waals surface area contributed by atoms with Gasteiger partial charge in [-0.05, 0) is 24.8 Å². The Morgan fingerprint density at radius 3 is 2.86 bits per heavy atom. The Kier molecular flexibility index (Phi) is 3.50. The van der Waals surface area contributed by atoms with Gasteiger partial charge in [0, 0.05) is 12.6 Å². The third-order valence-corrected chi connectivity index (χ3v) is 4.03. The summed E-state index contributed by atoms with van der Waals surface area (Å²) in [6.07, 6.45) is 2.14. The number of nitro groups is 1. The molecule has 1 saturated heterocycles. The standard InChI is InChI=1S/C14H16N2O5/c17-13-10(2-1-3-11(13)16(19)20)14(18)15-6-7-21-8-12(15)9-4-5-9/h1-3,9,12,17H,4-8H2/t12-/m0/s1. The Labute approximate surface area is 121 Å². The molecule has 7 nitrogen and oxygen atoms in total. The van der Waals surface area contributed by atoms with Crippen LogP contribution in [0.2, 0.25) is 0 Å². The Balaban J connectivity index is 1.90. The van der Waals surface area contributed by atoms with E-state index in [1.807, 2.05) is 0 Å². The fraction of sp³-hybridized carbons (Fsp3) is 0.500. The summed E-state index contributed by atoms with van der Waals surface area (Å²) in [5.74, 6) is -0.486. The second-order valence-corrected chi connectivity index (χ2v) is 5.41. The maximum atomic E-state index is 12.6. The van der Waals surface area contributed by atoms with Crippen molar-refractivity contribution in [3.63, 3.8) is 0 Å². The Bertz CT molecular complexity index is 585. The highest BCUT2D eigenvalue weighted by atomic mass is 16.6. The number of ether oxygens (including phenoxy) is 1. The minimum atomic E-state index is -0.691. The monoisotopic (exact) mass is 292 g/mol. The van der Waals surface area contributed by atoms with Crippen molar-refractivity contribution in [1.29, 1.82) is 0 Å². The molecule has 0 aromatic heterocycles. The van der Waals surface area contributed by atoms with Gasteiger partial charge < -0.3 is 14.7 Å². The first kappa shape index (κ1) is 13.8. The van der Waals surface area contributed by atoms with Gasteiger partial charge in [0.05, 0.1) is 29.7 Å². The molecule has 1 aliphatic carbocycles. The van der Waals surface area contributed by atoms with E-state index in [0.29, 0.717) is 25.7 Å². The maximum Gasteiger partial charge on any atom is 0.311 e. The lowest BCUT2D eigenvalue weighted by atomic mass is 10.1. The summed E-state index contributed by atoms with van der Waals surface area (Å²) in [6.45, 7) is 1.39. The molecule has 1 amide bonds. The topological polar surface area (TPSA) is 92.9 Å². The van der Waals surface area contributed by atoms with Crippen LogP contribution in [0.15, 0.2) is 18.2 Å². The van der Waals surface area contributed by atoms with Crippen LogP contribution in [-0.2, 0) is 4.74 Å². The summed E-state index contributed by atoms with van der Waals surface area (Å²) in [7, 11) is 0. The average molecular weight is 292 g/mol. The summed E-state index contributed by atoms with van der Waals surface area (Å²) >= 11 is 0. The number of para-hydroxylation sites is 1. The molecule has 1 aromatic carbocycles. The number of phenols is 1.